The monoisotopic (exact) mass is 354 g/mol. The lowest BCUT2D eigenvalue weighted by molar-refractivity contribution is -0.124. The summed E-state index contributed by atoms with van der Waals surface area (Å²) in [6, 6.07) is 6.55. The summed E-state index contributed by atoms with van der Waals surface area (Å²) in [6.07, 6.45) is 4.91. The van der Waals surface area contributed by atoms with Crippen LogP contribution in [0.25, 0.3) is 0 Å². The number of benzene rings is 1. The van der Waals surface area contributed by atoms with Crippen molar-refractivity contribution >= 4 is 5.91 Å². The zero-order chi connectivity index (χ0) is 18.3. The summed E-state index contributed by atoms with van der Waals surface area (Å²) in [5.74, 6) is 0.347. The van der Waals surface area contributed by atoms with Crippen molar-refractivity contribution in [2.24, 2.45) is 0 Å². The maximum atomic E-state index is 12.8. The standard InChI is InChI=1S/C20H26N4O2/c1-13-8-9-14(2)15(11-13)12-24-20(26)23-10-4-7-17(18(23)22-24)19(25)21-16-5-3-6-16/h8-9,11,16-17H,3-7,10,12H2,1-2H3,(H,21,25). The zero-order valence-electron chi connectivity index (χ0n) is 15.5. The van der Waals surface area contributed by atoms with Crippen molar-refractivity contribution in [3.8, 4) is 0 Å². The Morgan fingerprint density at radius 1 is 1.23 bits per heavy atom. The van der Waals surface area contributed by atoms with E-state index in [4.69, 9.17) is 0 Å². The van der Waals surface area contributed by atoms with Gasteiger partial charge in [-0.25, -0.2) is 9.48 Å². The van der Waals surface area contributed by atoms with Crippen LogP contribution in [0.2, 0.25) is 0 Å². The fraction of sp³-hybridized carbons (Fsp3) is 0.550. The molecule has 4 rings (SSSR count). The van der Waals surface area contributed by atoms with Gasteiger partial charge in [0.15, 0.2) is 0 Å². The molecule has 1 fully saturated rings. The first-order valence-corrected chi connectivity index (χ1v) is 9.57. The number of rotatable bonds is 4. The molecule has 26 heavy (non-hydrogen) atoms. The minimum Gasteiger partial charge on any atom is -0.353 e. The summed E-state index contributed by atoms with van der Waals surface area (Å²) in [4.78, 5) is 25.5. The number of aromatic nitrogens is 3. The van der Waals surface area contributed by atoms with Crippen molar-refractivity contribution in [2.75, 3.05) is 0 Å². The first kappa shape index (κ1) is 17.1. The molecule has 1 aliphatic heterocycles. The van der Waals surface area contributed by atoms with Gasteiger partial charge in [0.05, 0.1) is 12.5 Å². The van der Waals surface area contributed by atoms with Crippen LogP contribution in [0.5, 0.6) is 0 Å². The SMILES string of the molecule is Cc1ccc(C)c(Cn2nc3n(c2=O)CCCC3C(=O)NC2CCC2)c1. The number of carbonyl (C=O) groups excluding carboxylic acids is 1. The third-order valence-corrected chi connectivity index (χ3v) is 5.73. The van der Waals surface area contributed by atoms with E-state index in [1.54, 1.807) is 4.57 Å². The molecule has 6 heteroatoms. The number of hydrogen-bond donors (Lipinski definition) is 1. The van der Waals surface area contributed by atoms with Gasteiger partial charge in [0.25, 0.3) is 0 Å². The summed E-state index contributed by atoms with van der Waals surface area (Å²) in [5, 5.41) is 7.69. The molecule has 2 heterocycles. The summed E-state index contributed by atoms with van der Waals surface area (Å²) in [6.45, 7) is 5.19. The Morgan fingerprint density at radius 3 is 2.77 bits per heavy atom. The lowest BCUT2D eigenvalue weighted by atomic mass is 9.91. The number of carbonyl (C=O) groups is 1. The molecule has 1 amide bonds. The molecule has 2 aromatic rings. The predicted molar refractivity (Wildman–Crippen MR) is 99.3 cm³/mol. The quantitative estimate of drug-likeness (QED) is 0.916. The molecule has 6 nitrogen and oxygen atoms in total. The highest BCUT2D eigenvalue weighted by Crippen LogP contribution is 2.26. The highest BCUT2D eigenvalue weighted by Gasteiger charge is 2.33. The number of fused-ring (bicyclic) bond motifs is 1. The van der Waals surface area contributed by atoms with Crippen molar-refractivity contribution in [1.82, 2.24) is 19.7 Å². The average Bonchev–Trinajstić information content (AvgIpc) is 2.90. The first-order valence-electron chi connectivity index (χ1n) is 9.57. The first-order chi connectivity index (χ1) is 12.5. The van der Waals surface area contributed by atoms with Crippen molar-refractivity contribution in [3.05, 3.63) is 51.2 Å². The number of nitrogens with one attached hydrogen (secondary N) is 1. The molecule has 138 valence electrons. The second kappa shape index (κ2) is 6.74. The van der Waals surface area contributed by atoms with Crippen molar-refractivity contribution in [1.29, 1.82) is 0 Å². The highest BCUT2D eigenvalue weighted by atomic mass is 16.2. The van der Waals surface area contributed by atoms with E-state index in [9.17, 15) is 9.59 Å². The van der Waals surface area contributed by atoms with Gasteiger partial charge >= 0.3 is 5.69 Å². The van der Waals surface area contributed by atoms with E-state index in [0.29, 0.717) is 25.0 Å². The summed E-state index contributed by atoms with van der Waals surface area (Å²) in [5.41, 5.74) is 3.30. The Kier molecular flexibility index (Phi) is 4.42. The van der Waals surface area contributed by atoms with Crippen LogP contribution in [-0.4, -0.2) is 26.3 Å². The normalized spacial score (nSPS) is 19.7. The van der Waals surface area contributed by atoms with Crippen molar-refractivity contribution in [2.45, 2.75) is 71.0 Å². The Morgan fingerprint density at radius 2 is 2.04 bits per heavy atom. The predicted octanol–water partition coefficient (Wildman–Crippen LogP) is 2.26. The molecular weight excluding hydrogens is 328 g/mol. The molecule has 1 saturated carbocycles. The van der Waals surface area contributed by atoms with Gasteiger partial charge < -0.3 is 5.32 Å². The number of hydrogen-bond acceptors (Lipinski definition) is 3. The van der Waals surface area contributed by atoms with Gasteiger partial charge in [-0.3, -0.25) is 9.36 Å². The van der Waals surface area contributed by atoms with Crippen molar-refractivity contribution in [3.63, 3.8) is 0 Å². The number of nitrogens with zero attached hydrogens (tertiary/aromatic N) is 3. The van der Waals surface area contributed by atoms with E-state index in [-0.39, 0.29) is 17.5 Å². The highest BCUT2D eigenvalue weighted by molar-refractivity contribution is 5.83. The molecule has 1 aliphatic carbocycles. The van der Waals surface area contributed by atoms with Gasteiger partial charge in [-0.15, -0.1) is 0 Å². The van der Waals surface area contributed by atoms with Crippen LogP contribution in [0.3, 0.4) is 0 Å². The molecule has 0 saturated heterocycles. The molecule has 1 aromatic heterocycles. The summed E-state index contributed by atoms with van der Waals surface area (Å²) < 4.78 is 3.21. The number of amides is 1. The van der Waals surface area contributed by atoms with E-state index >= 15 is 0 Å². The molecule has 0 radical (unpaired) electrons. The molecule has 1 aromatic carbocycles. The van der Waals surface area contributed by atoms with Gasteiger partial charge in [-0.1, -0.05) is 23.8 Å². The van der Waals surface area contributed by atoms with Crippen LogP contribution in [0, 0.1) is 13.8 Å². The topological polar surface area (TPSA) is 68.9 Å². The Labute approximate surface area is 153 Å². The van der Waals surface area contributed by atoms with Crippen LogP contribution in [0.4, 0.5) is 0 Å². The third-order valence-electron chi connectivity index (χ3n) is 5.73. The van der Waals surface area contributed by atoms with Crippen LogP contribution >= 0.6 is 0 Å². The second-order valence-corrected chi connectivity index (χ2v) is 7.71. The third kappa shape index (κ3) is 3.08. The minimum absolute atomic E-state index is 0.0273. The van der Waals surface area contributed by atoms with E-state index in [1.807, 2.05) is 13.8 Å². The van der Waals surface area contributed by atoms with Gasteiger partial charge in [0.1, 0.15) is 5.82 Å². The summed E-state index contributed by atoms with van der Waals surface area (Å²) >= 11 is 0. The van der Waals surface area contributed by atoms with Gasteiger partial charge in [0.2, 0.25) is 5.91 Å². The largest absolute Gasteiger partial charge is 0.353 e. The molecule has 1 unspecified atom stereocenters. The Balaban J connectivity index is 1.62. The van der Waals surface area contributed by atoms with Crippen LogP contribution in [0.15, 0.2) is 23.0 Å². The van der Waals surface area contributed by atoms with Gasteiger partial charge in [-0.05, 0) is 57.1 Å². The number of aryl methyl sites for hydroxylation is 2. The summed E-state index contributed by atoms with van der Waals surface area (Å²) in [7, 11) is 0. The Hall–Kier alpha value is -2.37. The Bertz CT molecular complexity index is 892. The molecule has 0 bridgehead atoms. The van der Waals surface area contributed by atoms with E-state index in [1.165, 1.54) is 16.7 Å². The minimum atomic E-state index is -0.308. The van der Waals surface area contributed by atoms with Crippen LogP contribution in [-0.2, 0) is 17.9 Å². The zero-order valence-corrected chi connectivity index (χ0v) is 15.5. The lowest BCUT2D eigenvalue weighted by Gasteiger charge is -2.29. The molecule has 1 atom stereocenters. The molecular formula is C20H26N4O2. The fourth-order valence-electron chi connectivity index (χ4n) is 3.85. The maximum absolute atomic E-state index is 12.8. The molecule has 2 aliphatic rings. The van der Waals surface area contributed by atoms with Gasteiger partial charge in [-0.2, -0.15) is 5.10 Å². The average molecular weight is 354 g/mol. The van der Waals surface area contributed by atoms with Crippen molar-refractivity contribution < 1.29 is 4.79 Å². The van der Waals surface area contributed by atoms with Crippen LogP contribution in [0.1, 0.15) is 60.5 Å². The molecule has 1 N–H and O–H groups in total. The molecule has 0 spiro atoms. The van der Waals surface area contributed by atoms with E-state index in [2.05, 4.69) is 28.6 Å². The van der Waals surface area contributed by atoms with Crippen LogP contribution < -0.4 is 11.0 Å². The maximum Gasteiger partial charge on any atom is 0.346 e. The van der Waals surface area contributed by atoms with Gasteiger partial charge in [0, 0.05) is 12.6 Å². The fourth-order valence-corrected chi connectivity index (χ4v) is 3.85. The van der Waals surface area contributed by atoms with E-state index in [0.717, 1.165) is 36.8 Å². The second-order valence-electron chi connectivity index (χ2n) is 7.71. The van der Waals surface area contributed by atoms with E-state index < -0.39 is 0 Å². The smallest absolute Gasteiger partial charge is 0.346 e. The lowest BCUT2D eigenvalue weighted by Crippen LogP contribution is -2.43.